The molecule has 2 fully saturated rings. The lowest BCUT2D eigenvalue weighted by molar-refractivity contribution is 0.167. The molecule has 0 aromatic heterocycles. The zero-order valence-corrected chi connectivity index (χ0v) is 7.71. The maximum Gasteiger partial charge on any atom is 0.0123 e. The van der Waals surface area contributed by atoms with Crippen LogP contribution in [0.1, 0.15) is 32.6 Å². The molecule has 0 amide bonds. The second-order valence-electron chi connectivity index (χ2n) is 4.41. The van der Waals surface area contributed by atoms with Gasteiger partial charge in [0.05, 0.1) is 0 Å². The molecule has 2 rings (SSSR count). The molecule has 0 bridgehead atoms. The molecule has 3 unspecified atom stereocenters. The van der Waals surface area contributed by atoms with Crippen LogP contribution in [-0.4, -0.2) is 24.5 Å². The van der Waals surface area contributed by atoms with Crippen LogP contribution in [0.4, 0.5) is 0 Å². The van der Waals surface area contributed by atoms with E-state index in [0.29, 0.717) is 0 Å². The Morgan fingerprint density at radius 3 is 2.73 bits per heavy atom. The zero-order chi connectivity index (χ0) is 7.84. The molecular formula is C10H19N. The van der Waals surface area contributed by atoms with Crippen molar-refractivity contribution in [2.45, 2.75) is 38.6 Å². The molecule has 0 aromatic carbocycles. The molecule has 0 spiro atoms. The first-order valence-electron chi connectivity index (χ1n) is 4.99. The molecule has 0 N–H and O–H groups in total. The average molecular weight is 153 g/mol. The number of nitrogens with zero attached hydrogens (tertiary/aromatic N) is 1. The molecule has 3 atom stereocenters. The molecule has 0 aromatic rings. The summed E-state index contributed by atoms with van der Waals surface area (Å²) in [7, 11) is 2.29. The van der Waals surface area contributed by atoms with Crippen molar-refractivity contribution in [3.63, 3.8) is 0 Å². The first kappa shape index (κ1) is 7.60. The molecule has 1 nitrogen and oxygen atoms in total. The SMILES string of the molecule is CC1CCCC2C1CCN2C. The third-order valence-corrected chi connectivity index (χ3v) is 3.77. The lowest BCUT2D eigenvalue weighted by atomic mass is 9.77. The predicted molar refractivity (Wildman–Crippen MR) is 47.5 cm³/mol. The van der Waals surface area contributed by atoms with Gasteiger partial charge in [-0.1, -0.05) is 19.8 Å². The van der Waals surface area contributed by atoms with E-state index in [1.54, 1.807) is 0 Å². The van der Waals surface area contributed by atoms with Crippen molar-refractivity contribution in [2.24, 2.45) is 11.8 Å². The summed E-state index contributed by atoms with van der Waals surface area (Å²) in [6.45, 7) is 3.79. The number of rotatable bonds is 0. The fourth-order valence-electron chi connectivity index (χ4n) is 3.00. The van der Waals surface area contributed by atoms with E-state index < -0.39 is 0 Å². The van der Waals surface area contributed by atoms with Gasteiger partial charge in [0.1, 0.15) is 0 Å². The Labute approximate surface area is 69.8 Å². The van der Waals surface area contributed by atoms with Crippen LogP contribution in [0.3, 0.4) is 0 Å². The highest BCUT2D eigenvalue weighted by Gasteiger charge is 2.37. The van der Waals surface area contributed by atoms with E-state index in [1.165, 1.54) is 32.2 Å². The summed E-state index contributed by atoms with van der Waals surface area (Å²) in [6, 6.07) is 0.943. The molecule has 1 heterocycles. The highest BCUT2D eigenvalue weighted by atomic mass is 15.2. The summed E-state index contributed by atoms with van der Waals surface area (Å²) in [5.74, 6) is 2.03. The minimum absolute atomic E-state index is 0.943. The average Bonchev–Trinajstić information content (AvgIpc) is 2.35. The topological polar surface area (TPSA) is 3.24 Å². The summed E-state index contributed by atoms with van der Waals surface area (Å²) >= 11 is 0. The van der Waals surface area contributed by atoms with Crippen molar-refractivity contribution in [3.8, 4) is 0 Å². The standard InChI is InChI=1S/C10H19N/c1-8-4-3-5-10-9(8)6-7-11(10)2/h8-10H,3-7H2,1-2H3. The minimum Gasteiger partial charge on any atom is -0.303 e. The number of fused-ring (bicyclic) bond motifs is 1. The van der Waals surface area contributed by atoms with Crippen molar-refractivity contribution in [1.82, 2.24) is 4.90 Å². The summed E-state index contributed by atoms with van der Waals surface area (Å²) in [5, 5.41) is 0. The van der Waals surface area contributed by atoms with Crippen LogP contribution < -0.4 is 0 Å². The largest absolute Gasteiger partial charge is 0.303 e. The molecule has 1 saturated carbocycles. The summed E-state index contributed by atoms with van der Waals surface area (Å²) in [5.41, 5.74) is 0. The highest BCUT2D eigenvalue weighted by molar-refractivity contribution is 4.90. The van der Waals surface area contributed by atoms with Crippen LogP contribution >= 0.6 is 0 Å². The second kappa shape index (κ2) is 2.78. The first-order valence-corrected chi connectivity index (χ1v) is 4.99. The molecule has 0 radical (unpaired) electrons. The van der Waals surface area contributed by atoms with Crippen LogP contribution in [0.15, 0.2) is 0 Å². The van der Waals surface area contributed by atoms with E-state index in [4.69, 9.17) is 0 Å². The molecule has 2 aliphatic rings. The Kier molecular flexibility index (Phi) is 1.92. The first-order chi connectivity index (χ1) is 5.29. The molecule has 1 saturated heterocycles. The van der Waals surface area contributed by atoms with Gasteiger partial charge in [0.15, 0.2) is 0 Å². The van der Waals surface area contributed by atoms with Crippen LogP contribution in [0, 0.1) is 11.8 Å². The van der Waals surface area contributed by atoms with Crippen LogP contribution in [-0.2, 0) is 0 Å². The van der Waals surface area contributed by atoms with Gasteiger partial charge in [0, 0.05) is 6.04 Å². The maximum atomic E-state index is 2.57. The van der Waals surface area contributed by atoms with Gasteiger partial charge in [-0.15, -0.1) is 0 Å². The van der Waals surface area contributed by atoms with Crippen molar-refractivity contribution in [2.75, 3.05) is 13.6 Å². The maximum absolute atomic E-state index is 2.57. The number of hydrogen-bond donors (Lipinski definition) is 0. The second-order valence-corrected chi connectivity index (χ2v) is 4.41. The predicted octanol–water partition coefficient (Wildman–Crippen LogP) is 2.13. The fraction of sp³-hybridized carbons (Fsp3) is 1.00. The quantitative estimate of drug-likeness (QED) is 0.515. The normalized spacial score (nSPS) is 45.8. The Balaban J connectivity index is 2.07. The minimum atomic E-state index is 0.943. The van der Waals surface area contributed by atoms with E-state index in [0.717, 1.165) is 17.9 Å². The summed E-state index contributed by atoms with van der Waals surface area (Å²) in [4.78, 5) is 2.57. The Morgan fingerprint density at radius 1 is 1.18 bits per heavy atom. The highest BCUT2D eigenvalue weighted by Crippen LogP contribution is 2.38. The van der Waals surface area contributed by atoms with Gasteiger partial charge in [-0.25, -0.2) is 0 Å². The lowest BCUT2D eigenvalue weighted by Gasteiger charge is -2.33. The van der Waals surface area contributed by atoms with Crippen LogP contribution in [0.25, 0.3) is 0 Å². The van der Waals surface area contributed by atoms with E-state index in [1.807, 2.05) is 0 Å². The van der Waals surface area contributed by atoms with Crippen molar-refractivity contribution >= 4 is 0 Å². The van der Waals surface area contributed by atoms with Crippen LogP contribution in [0.2, 0.25) is 0 Å². The van der Waals surface area contributed by atoms with Gasteiger partial charge in [0.2, 0.25) is 0 Å². The van der Waals surface area contributed by atoms with Gasteiger partial charge < -0.3 is 4.90 Å². The Hall–Kier alpha value is -0.0400. The van der Waals surface area contributed by atoms with E-state index >= 15 is 0 Å². The monoisotopic (exact) mass is 153 g/mol. The van der Waals surface area contributed by atoms with Gasteiger partial charge in [-0.2, -0.15) is 0 Å². The van der Waals surface area contributed by atoms with Crippen LogP contribution in [0.5, 0.6) is 0 Å². The van der Waals surface area contributed by atoms with Crippen molar-refractivity contribution < 1.29 is 0 Å². The zero-order valence-electron chi connectivity index (χ0n) is 7.71. The van der Waals surface area contributed by atoms with E-state index in [-0.39, 0.29) is 0 Å². The van der Waals surface area contributed by atoms with E-state index in [9.17, 15) is 0 Å². The third kappa shape index (κ3) is 1.20. The molecular weight excluding hydrogens is 134 g/mol. The summed E-state index contributed by atoms with van der Waals surface area (Å²) in [6.07, 6.45) is 5.87. The smallest absolute Gasteiger partial charge is 0.0123 e. The van der Waals surface area contributed by atoms with Crippen molar-refractivity contribution in [3.05, 3.63) is 0 Å². The lowest BCUT2D eigenvalue weighted by Crippen LogP contribution is -2.35. The van der Waals surface area contributed by atoms with Gasteiger partial charge in [-0.3, -0.25) is 0 Å². The molecule has 11 heavy (non-hydrogen) atoms. The molecule has 64 valence electrons. The van der Waals surface area contributed by atoms with Gasteiger partial charge >= 0.3 is 0 Å². The Bertz CT molecular complexity index is 142. The molecule has 1 aliphatic heterocycles. The van der Waals surface area contributed by atoms with Crippen molar-refractivity contribution in [1.29, 1.82) is 0 Å². The van der Waals surface area contributed by atoms with Gasteiger partial charge in [-0.05, 0) is 38.3 Å². The third-order valence-electron chi connectivity index (χ3n) is 3.77. The molecule has 1 aliphatic carbocycles. The summed E-state index contributed by atoms with van der Waals surface area (Å²) < 4.78 is 0. The number of likely N-dealkylation sites (tertiary alicyclic amines) is 1. The fourth-order valence-corrected chi connectivity index (χ4v) is 3.00. The molecule has 1 heteroatoms. The van der Waals surface area contributed by atoms with Gasteiger partial charge in [0.25, 0.3) is 0 Å². The Morgan fingerprint density at radius 2 is 2.00 bits per heavy atom. The number of hydrogen-bond acceptors (Lipinski definition) is 1. The van der Waals surface area contributed by atoms with E-state index in [2.05, 4.69) is 18.9 Å².